The molecule has 3 rings (SSSR count). The number of aryl methyl sites for hydroxylation is 1. The van der Waals surface area contributed by atoms with Crippen molar-refractivity contribution in [2.75, 3.05) is 18.0 Å². The second kappa shape index (κ2) is 5.94. The molecule has 1 aliphatic heterocycles. The van der Waals surface area contributed by atoms with Crippen molar-refractivity contribution in [3.05, 3.63) is 23.4 Å². The SMILES string of the molecule is CC1CCCCc2ccc(N3CCCCCC3)nc21. The monoisotopic (exact) mass is 258 g/mol. The molecule has 0 aromatic carbocycles. The van der Waals surface area contributed by atoms with Gasteiger partial charge >= 0.3 is 0 Å². The molecule has 0 amide bonds. The summed E-state index contributed by atoms with van der Waals surface area (Å²) >= 11 is 0. The molecule has 2 heteroatoms. The van der Waals surface area contributed by atoms with Crippen molar-refractivity contribution >= 4 is 5.82 Å². The van der Waals surface area contributed by atoms with Gasteiger partial charge in [0.1, 0.15) is 5.82 Å². The molecule has 2 aliphatic rings. The lowest BCUT2D eigenvalue weighted by Gasteiger charge is -2.23. The second-order valence-electron chi connectivity index (χ2n) is 6.26. The Morgan fingerprint density at radius 2 is 1.79 bits per heavy atom. The first-order valence-electron chi connectivity index (χ1n) is 8.09. The fourth-order valence-electron chi connectivity index (χ4n) is 3.51. The zero-order valence-electron chi connectivity index (χ0n) is 12.2. The van der Waals surface area contributed by atoms with Crippen molar-refractivity contribution in [1.29, 1.82) is 0 Å². The molecule has 2 nitrogen and oxygen atoms in total. The molecule has 0 spiro atoms. The normalized spacial score (nSPS) is 24.5. The summed E-state index contributed by atoms with van der Waals surface area (Å²) in [6, 6.07) is 4.62. The van der Waals surface area contributed by atoms with E-state index in [0.29, 0.717) is 5.92 Å². The summed E-state index contributed by atoms with van der Waals surface area (Å²) in [4.78, 5) is 7.55. The van der Waals surface area contributed by atoms with Crippen LogP contribution in [0.4, 0.5) is 5.82 Å². The number of rotatable bonds is 1. The van der Waals surface area contributed by atoms with Crippen molar-refractivity contribution in [2.24, 2.45) is 0 Å². The molecule has 1 atom stereocenters. The van der Waals surface area contributed by atoms with Crippen molar-refractivity contribution in [3.63, 3.8) is 0 Å². The van der Waals surface area contributed by atoms with Gasteiger partial charge in [-0.05, 0) is 49.7 Å². The Kier molecular flexibility index (Phi) is 4.05. The molecule has 2 heterocycles. The summed E-state index contributed by atoms with van der Waals surface area (Å²) < 4.78 is 0. The van der Waals surface area contributed by atoms with Crippen LogP contribution in [-0.2, 0) is 6.42 Å². The van der Waals surface area contributed by atoms with Crippen molar-refractivity contribution in [1.82, 2.24) is 4.98 Å². The van der Waals surface area contributed by atoms with E-state index in [1.807, 2.05) is 0 Å². The van der Waals surface area contributed by atoms with Gasteiger partial charge in [-0.15, -0.1) is 0 Å². The molecule has 0 saturated carbocycles. The molecule has 1 aromatic heterocycles. The Bertz CT molecular complexity index is 419. The van der Waals surface area contributed by atoms with Crippen molar-refractivity contribution < 1.29 is 0 Å². The lowest BCUT2D eigenvalue weighted by Crippen LogP contribution is -2.25. The highest BCUT2D eigenvalue weighted by Gasteiger charge is 2.19. The molecule has 1 unspecified atom stereocenters. The van der Waals surface area contributed by atoms with E-state index in [1.165, 1.54) is 81.5 Å². The highest BCUT2D eigenvalue weighted by atomic mass is 15.2. The minimum absolute atomic E-state index is 0.643. The molecule has 19 heavy (non-hydrogen) atoms. The number of aromatic nitrogens is 1. The average Bonchev–Trinajstić information content (AvgIpc) is 2.80. The van der Waals surface area contributed by atoms with E-state index in [4.69, 9.17) is 4.98 Å². The van der Waals surface area contributed by atoms with Gasteiger partial charge in [-0.1, -0.05) is 32.3 Å². The lowest BCUT2D eigenvalue weighted by atomic mass is 10.0. The highest BCUT2D eigenvalue weighted by Crippen LogP contribution is 2.30. The van der Waals surface area contributed by atoms with Crippen LogP contribution < -0.4 is 4.90 Å². The van der Waals surface area contributed by atoms with Gasteiger partial charge in [0, 0.05) is 18.8 Å². The van der Waals surface area contributed by atoms with Gasteiger partial charge in [0.15, 0.2) is 0 Å². The van der Waals surface area contributed by atoms with Gasteiger partial charge in [-0.2, -0.15) is 0 Å². The number of nitrogens with zero attached hydrogens (tertiary/aromatic N) is 2. The maximum atomic E-state index is 5.05. The molecular formula is C17H26N2. The third kappa shape index (κ3) is 2.93. The van der Waals surface area contributed by atoms with Gasteiger partial charge in [-0.25, -0.2) is 4.98 Å². The van der Waals surface area contributed by atoms with Gasteiger partial charge in [0.25, 0.3) is 0 Å². The number of anilines is 1. The van der Waals surface area contributed by atoms with E-state index in [9.17, 15) is 0 Å². The Morgan fingerprint density at radius 1 is 1.00 bits per heavy atom. The molecule has 1 aliphatic carbocycles. The topological polar surface area (TPSA) is 16.1 Å². The summed E-state index contributed by atoms with van der Waals surface area (Å²) in [6.07, 6.45) is 10.7. The molecule has 0 bridgehead atoms. The van der Waals surface area contributed by atoms with E-state index in [-0.39, 0.29) is 0 Å². The fourth-order valence-corrected chi connectivity index (χ4v) is 3.51. The number of fused-ring (bicyclic) bond motifs is 1. The maximum absolute atomic E-state index is 5.05. The standard InChI is InChI=1S/C17H26N2/c1-14-8-4-5-9-15-10-11-16(18-17(14)15)19-12-6-2-3-7-13-19/h10-11,14H,2-9,12-13H2,1H3. The third-order valence-electron chi connectivity index (χ3n) is 4.73. The van der Waals surface area contributed by atoms with Gasteiger partial charge in [-0.3, -0.25) is 0 Å². The van der Waals surface area contributed by atoms with Crippen LogP contribution in [-0.4, -0.2) is 18.1 Å². The summed E-state index contributed by atoms with van der Waals surface area (Å²) in [7, 11) is 0. The number of hydrogen-bond donors (Lipinski definition) is 0. The smallest absolute Gasteiger partial charge is 0.128 e. The fraction of sp³-hybridized carbons (Fsp3) is 0.706. The third-order valence-corrected chi connectivity index (χ3v) is 4.73. The Balaban J connectivity index is 1.86. The van der Waals surface area contributed by atoms with E-state index in [0.717, 1.165) is 0 Å². The Morgan fingerprint density at radius 3 is 2.58 bits per heavy atom. The van der Waals surface area contributed by atoms with Crippen LogP contribution in [0.25, 0.3) is 0 Å². The molecule has 0 radical (unpaired) electrons. The van der Waals surface area contributed by atoms with Crippen LogP contribution in [0.3, 0.4) is 0 Å². The van der Waals surface area contributed by atoms with Crippen LogP contribution in [0.1, 0.15) is 69.0 Å². The lowest BCUT2D eigenvalue weighted by molar-refractivity contribution is 0.624. The average molecular weight is 258 g/mol. The van der Waals surface area contributed by atoms with E-state index in [2.05, 4.69) is 24.0 Å². The molecule has 104 valence electrons. The van der Waals surface area contributed by atoms with Crippen molar-refractivity contribution in [2.45, 2.75) is 64.2 Å². The van der Waals surface area contributed by atoms with E-state index >= 15 is 0 Å². The first kappa shape index (κ1) is 13.0. The van der Waals surface area contributed by atoms with E-state index < -0.39 is 0 Å². The Labute approximate surface area is 117 Å². The number of pyridine rings is 1. The zero-order valence-corrected chi connectivity index (χ0v) is 12.2. The minimum atomic E-state index is 0.643. The van der Waals surface area contributed by atoms with Crippen LogP contribution in [0.5, 0.6) is 0 Å². The molecule has 1 fully saturated rings. The predicted molar refractivity (Wildman–Crippen MR) is 80.9 cm³/mol. The minimum Gasteiger partial charge on any atom is -0.357 e. The largest absolute Gasteiger partial charge is 0.357 e. The molecular weight excluding hydrogens is 232 g/mol. The predicted octanol–water partition coefficient (Wildman–Crippen LogP) is 4.29. The van der Waals surface area contributed by atoms with Crippen LogP contribution in [0.2, 0.25) is 0 Å². The highest BCUT2D eigenvalue weighted by molar-refractivity contribution is 5.43. The van der Waals surface area contributed by atoms with Crippen LogP contribution in [0, 0.1) is 0 Å². The Hall–Kier alpha value is -1.05. The summed E-state index contributed by atoms with van der Waals surface area (Å²) in [6.45, 7) is 4.74. The first-order valence-corrected chi connectivity index (χ1v) is 8.09. The van der Waals surface area contributed by atoms with Gasteiger partial charge in [0.05, 0.1) is 0 Å². The summed E-state index contributed by atoms with van der Waals surface area (Å²) in [5, 5.41) is 0. The molecule has 1 saturated heterocycles. The quantitative estimate of drug-likeness (QED) is 0.698. The first-order chi connectivity index (χ1) is 9.34. The second-order valence-corrected chi connectivity index (χ2v) is 6.26. The summed E-state index contributed by atoms with van der Waals surface area (Å²) in [5.74, 6) is 1.87. The zero-order chi connectivity index (χ0) is 13.1. The van der Waals surface area contributed by atoms with Crippen molar-refractivity contribution in [3.8, 4) is 0 Å². The van der Waals surface area contributed by atoms with Crippen LogP contribution >= 0.6 is 0 Å². The van der Waals surface area contributed by atoms with Crippen LogP contribution in [0.15, 0.2) is 12.1 Å². The molecule has 0 N–H and O–H groups in total. The maximum Gasteiger partial charge on any atom is 0.128 e. The van der Waals surface area contributed by atoms with Gasteiger partial charge in [0.2, 0.25) is 0 Å². The summed E-state index contributed by atoms with van der Waals surface area (Å²) in [5.41, 5.74) is 2.89. The van der Waals surface area contributed by atoms with E-state index in [1.54, 1.807) is 0 Å². The number of hydrogen-bond acceptors (Lipinski definition) is 2. The molecule has 1 aromatic rings. The van der Waals surface area contributed by atoms with Gasteiger partial charge < -0.3 is 4.90 Å².